The average Bonchev–Trinajstić information content (AvgIpc) is 3.06. The van der Waals surface area contributed by atoms with Crippen LogP contribution in [0.3, 0.4) is 0 Å². The lowest BCUT2D eigenvalue weighted by Crippen LogP contribution is -2.30. The molecule has 4 rings (SSSR count). The summed E-state index contributed by atoms with van der Waals surface area (Å²) in [5.74, 6) is 1.07. The Morgan fingerprint density at radius 3 is 2.62 bits per heavy atom. The number of carbonyl (C=O) groups excluding carboxylic acids is 1. The number of para-hydroxylation sites is 1. The van der Waals surface area contributed by atoms with Crippen molar-refractivity contribution in [3.63, 3.8) is 0 Å². The fourth-order valence-electron chi connectivity index (χ4n) is 3.42. The van der Waals surface area contributed by atoms with Gasteiger partial charge in [-0.3, -0.25) is 9.69 Å². The van der Waals surface area contributed by atoms with Gasteiger partial charge in [0, 0.05) is 5.56 Å². The number of halogens is 1. The van der Waals surface area contributed by atoms with Gasteiger partial charge >= 0.3 is 0 Å². The van der Waals surface area contributed by atoms with Crippen LogP contribution in [0.5, 0.6) is 11.5 Å². The van der Waals surface area contributed by atoms with Gasteiger partial charge in [-0.15, -0.1) is 0 Å². The number of benzene rings is 3. The molecule has 1 aliphatic rings. The summed E-state index contributed by atoms with van der Waals surface area (Å²) in [7, 11) is 1.60. The summed E-state index contributed by atoms with van der Waals surface area (Å²) in [6, 6.07) is 20.6. The second-order valence-corrected chi connectivity index (χ2v) is 8.05. The Morgan fingerprint density at radius 1 is 1.06 bits per heavy atom. The molecule has 162 valence electrons. The standard InChI is InChI=1S/C25H21ClN2O3S/c1-16-6-5-7-19(12-16)28-24(29)21(27-25(28)32)14-17-10-11-22(30-2)18(13-17)15-31-23-9-4-3-8-20(23)26/h3-14H,15H2,1-2H3,(H,27,32)/b21-14+. The van der Waals surface area contributed by atoms with Crippen molar-refractivity contribution in [2.24, 2.45) is 0 Å². The molecule has 0 aromatic heterocycles. The fraction of sp³-hybridized carbons (Fsp3) is 0.120. The van der Waals surface area contributed by atoms with Crippen LogP contribution in [-0.2, 0) is 11.4 Å². The third-order valence-electron chi connectivity index (χ3n) is 4.97. The summed E-state index contributed by atoms with van der Waals surface area (Å²) in [4.78, 5) is 14.5. The molecule has 0 saturated carbocycles. The molecule has 0 unspecified atom stereocenters. The monoisotopic (exact) mass is 464 g/mol. The number of rotatable bonds is 6. The molecule has 1 N–H and O–H groups in total. The Morgan fingerprint density at radius 2 is 1.88 bits per heavy atom. The van der Waals surface area contributed by atoms with E-state index in [9.17, 15) is 4.79 Å². The third-order valence-corrected chi connectivity index (χ3v) is 5.57. The molecule has 5 nitrogen and oxygen atoms in total. The predicted octanol–water partition coefficient (Wildman–Crippen LogP) is 5.50. The third kappa shape index (κ3) is 4.61. The zero-order chi connectivity index (χ0) is 22.7. The first-order valence-electron chi connectivity index (χ1n) is 9.94. The first-order chi connectivity index (χ1) is 15.5. The van der Waals surface area contributed by atoms with Gasteiger partial charge in [-0.05, 0) is 72.7 Å². The number of carbonyl (C=O) groups is 1. The van der Waals surface area contributed by atoms with E-state index in [1.807, 2.05) is 67.6 Å². The highest BCUT2D eigenvalue weighted by molar-refractivity contribution is 7.80. The summed E-state index contributed by atoms with van der Waals surface area (Å²) in [6.45, 7) is 2.24. The minimum atomic E-state index is -0.203. The van der Waals surface area contributed by atoms with Gasteiger partial charge in [0.1, 0.15) is 23.8 Å². The molecule has 1 fully saturated rings. The maximum Gasteiger partial charge on any atom is 0.281 e. The molecule has 1 saturated heterocycles. The number of hydrogen-bond acceptors (Lipinski definition) is 4. The maximum atomic E-state index is 13.0. The van der Waals surface area contributed by atoms with Crippen molar-refractivity contribution in [3.8, 4) is 11.5 Å². The van der Waals surface area contributed by atoms with Crippen molar-refractivity contribution < 1.29 is 14.3 Å². The van der Waals surface area contributed by atoms with E-state index >= 15 is 0 Å². The molecule has 0 bridgehead atoms. The molecule has 32 heavy (non-hydrogen) atoms. The van der Waals surface area contributed by atoms with Crippen LogP contribution in [0.15, 0.2) is 72.4 Å². The molecule has 3 aromatic carbocycles. The Kier molecular flexibility index (Phi) is 6.44. The Hall–Kier alpha value is -3.35. The zero-order valence-electron chi connectivity index (χ0n) is 17.6. The van der Waals surface area contributed by atoms with E-state index in [4.69, 9.17) is 33.3 Å². The first kappa shape index (κ1) is 21.9. The second-order valence-electron chi connectivity index (χ2n) is 7.26. The van der Waals surface area contributed by atoms with Gasteiger partial charge in [0.05, 0.1) is 17.8 Å². The van der Waals surface area contributed by atoms with E-state index in [0.717, 1.165) is 22.4 Å². The zero-order valence-corrected chi connectivity index (χ0v) is 19.2. The SMILES string of the molecule is COc1ccc(/C=C2/NC(=S)N(c3cccc(C)c3)C2=O)cc1COc1ccccc1Cl. The van der Waals surface area contributed by atoms with Crippen LogP contribution in [0.4, 0.5) is 5.69 Å². The summed E-state index contributed by atoms with van der Waals surface area (Å²) in [5.41, 5.74) is 3.83. The molecular weight excluding hydrogens is 444 g/mol. The summed E-state index contributed by atoms with van der Waals surface area (Å²) >= 11 is 11.6. The smallest absolute Gasteiger partial charge is 0.281 e. The molecular formula is C25H21ClN2O3S. The quantitative estimate of drug-likeness (QED) is 0.385. The summed E-state index contributed by atoms with van der Waals surface area (Å²) in [5, 5.41) is 3.91. The fourth-order valence-corrected chi connectivity index (χ4v) is 3.91. The summed E-state index contributed by atoms with van der Waals surface area (Å²) in [6.07, 6.45) is 1.77. The number of anilines is 1. The van der Waals surface area contributed by atoms with Crippen LogP contribution >= 0.6 is 23.8 Å². The van der Waals surface area contributed by atoms with Gasteiger partial charge in [-0.1, -0.05) is 41.9 Å². The number of thiocarbonyl (C=S) groups is 1. The Labute approximate surface area is 197 Å². The van der Waals surface area contributed by atoms with E-state index in [0.29, 0.717) is 27.3 Å². The number of nitrogens with zero attached hydrogens (tertiary/aromatic N) is 1. The number of hydrogen-bond donors (Lipinski definition) is 1. The van der Waals surface area contributed by atoms with Gasteiger partial charge in [-0.2, -0.15) is 0 Å². The van der Waals surface area contributed by atoms with Crippen LogP contribution in [0, 0.1) is 6.92 Å². The largest absolute Gasteiger partial charge is 0.496 e. The normalized spacial score (nSPS) is 14.6. The van der Waals surface area contributed by atoms with E-state index in [1.165, 1.54) is 4.90 Å². The Balaban J connectivity index is 1.58. The average molecular weight is 465 g/mol. The number of methoxy groups -OCH3 is 1. The lowest BCUT2D eigenvalue weighted by atomic mass is 10.1. The maximum absolute atomic E-state index is 13.0. The van der Waals surface area contributed by atoms with Crippen molar-refractivity contribution in [1.82, 2.24) is 5.32 Å². The molecule has 0 radical (unpaired) electrons. The van der Waals surface area contributed by atoms with Gasteiger partial charge < -0.3 is 14.8 Å². The van der Waals surface area contributed by atoms with Crippen LogP contribution < -0.4 is 19.7 Å². The van der Waals surface area contributed by atoms with E-state index in [2.05, 4.69) is 5.32 Å². The molecule has 0 aliphatic carbocycles. The lowest BCUT2D eigenvalue weighted by Gasteiger charge is -2.14. The number of nitrogens with one attached hydrogen (secondary N) is 1. The van der Waals surface area contributed by atoms with Gasteiger partial charge in [0.25, 0.3) is 5.91 Å². The molecule has 0 atom stereocenters. The predicted molar refractivity (Wildman–Crippen MR) is 131 cm³/mol. The van der Waals surface area contributed by atoms with Crippen molar-refractivity contribution in [3.05, 3.63) is 94.1 Å². The number of ether oxygens (including phenoxy) is 2. The topological polar surface area (TPSA) is 50.8 Å². The van der Waals surface area contributed by atoms with Crippen LogP contribution in [0.2, 0.25) is 5.02 Å². The van der Waals surface area contributed by atoms with E-state index in [-0.39, 0.29) is 12.5 Å². The summed E-state index contributed by atoms with van der Waals surface area (Å²) < 4.78 is 11.3. The van der Waals surface area contributed by atoms with Gasteiger partial charge in [0.2, 0.25) is 0 Å². The molecule has 0 spiro atoms. The minimum Gasteiger partial charge on any atom is -0.496 e. The van der Waals surface area contributed by atoms with E-state index < -0.39 is 0 Å². The van der Waals surface area contributed by atoms with Crippen molar-refractivity contribution in [2.45, 2.75) is 13.5 Å². The van der Waals surface area contributed by atoms with Crippen LogP contribution in [-0.4, -0.2) is 18.1 Å². The molecule has 1 aliphatic heterocycles. The first-order valence-corrected chi connectivity index (χ1v) is 10.7. The molecule has 1 heterocycles. The second kappa shape index (κ2) is 9.42. The highest BCUT2D eigenvalue weighted by Gasteiger charge is 2.32. The highest BCUT2D eigenvalue weighted by Crippen LogP contribution is 2.28. The van der Waals surface area contributed by atoms with Crippen LogP contribution in [0.25, 0.3) is 6.08 Å². The minimum absolute atomic E-state index is 0.203. The Bertz CT molecular complexity index is 1230. The highest BCUT2D eigenvalue weighted by atomic mass is 35.5. The number of amides is 1. The van der Waals surface area contributed by atoms with Crippen molar-refractivity contribution in [2.75, 3.05) is 12.0 Å². The molecule has 1 amide bonds. The molecule has 3 aromatic rings. The van der Waals surface area contributed by atoms with Crippen molar-refractivity contribution >= 4 is 46.6 Å². The van der Waals surface area contributed by atoms with E-state index in [1.54, 1.807) is 19.3 Å². The van der Waals surface area contributed by atoms with Gasteiger partial charge in [-0.25, -0.2) is 0 Å². The van der Waals surface area contributed by atoms with Crippen molar-refractivity contribution in [1.29, 1.82) is 0 Å². The van der Waals surface area contributed by atoms with Gasteiger partial charge in [0.15, 0.2) is 5.11 Å². The van der Waals surface area contributed by atoms with Crippen LogP contribution in [0.1, 0.15) is 16.7 Å². The lowest BCUT2D eigenvalue weighted by molar-refractivity contribution is -0.113. The molecule has 7 heteroatoms. The number of aryl methyl sites for hydroxylation is 1.